The molecular formula is C14H14F2N6S2. The lowest BCUT2D eigenvalue weighted by Crippen LogP contribution is -2.56. The molecular weight excluding hydrogens is 354 g/mol. The van der Waals surface area contributed by atoms with Crippen LogP contribution >= 0.6 is 22.7 Å². The van der Waals surface area contributed by atoms with Crippen molar-refractivity contribution in [3.05, 3.63) is 27.5 Å². The van der Waals surface area contributed by atoms with Crippen molar-refractivity contribution in [1.82, 2.24) is 24.9 Å². The Balaban J connectivity index is 1.51. The summed E-state index contributed by atoms with van der Waals surface area (Å²) in [5.74, 6) is -2.59. The van der Waals surface area contributed by atoms with Crippen molar-refractivity contribution in [2.45, 2.75) is 25.3 Å². The number of alkyl halides is 2. The highest BCUT2D eigenvalue weighted by molar-refractivity contribution is 7.16. The summed E-state index contributed by atoms with van der Waals surface area (Å²) in [6.45, 7) is 2.30. The first kappa shape index (κ1) is 14.7. The van der Waals surface area contributed by atoms with Crippen LogP contribution in [0.15, 0.2) is 6.20 Å². The number of rotatable bonds is 2. The molecule has 1 N–H and O–H groups in total. The van der Waals surface area contributed by atoms with Gasteiger partial charge in [-0.25, -0.2) is 23.3 Å². The van der Waals surface area contributed by atoms with Crippen molar-refractivity contribution in [3.63, 3.8) is 0 Å². The maximum atomic E-state index is 13.1. The van der Waals surface area contributed by atoms with Gasteiger partial charge in [-0.1, -0.05) is 22.7 Å². The highest BCUT2D eigenvalue weighted by Crippen LogP contribution is 2.38. The molecule has 5 heterocycles. The van der Waals surface area contributed by atoms with E-state index in [1.807, 2.05) is 11.4 Å². The molecule has 1 fully saturated rings. The summed E-state index contributed by atoms with van der Waals surface area (Å²) in [5, 5.41) is 9.67. The van der Waals surface area contributed by atoms with Crippen molar-refractivity contribution < 1.29 is 8.78 Å². The molecule has 0 aromatic carbocycles. The van der Waals surface area contributed by atoms with E-state index in [0.29, 0.717) is 5.13 Å². The Morgan fingerprint density at radius 1 is 1.33 bits per heavy atom. The third-order valence-corrected chi connectivity index (χ3v) is 6.26. The van der Waals surface area contributed by atoms with E-state index in [1.54, 1.807) is 22.4 Å². The van der Waals surface area contributed by atoms with Gasteiger partial charge in [-0.05, 0) is 6.92 Å². The highest BCUT2D eigenvalue weighted by atomic mass is 32.1. The molecule has 0 amide bonds. The van der Waals surface area contributed by atoms with Crippen LogP contribution < -0.4 is 10.2 Å². The minimum absolute atomic E-state index is 0.0433. The molecule has 0 spiro atoms. The second-order valence-electron chi connectivity index (χ2n) is 6.15. The summed E-state index contributed by atoms with van der Waals surface area (Å²) in [4.78, 5) is 12.6. The van der Waals surface area contributed by atoms with Crippen LogP contribution in [0, 0.1) is 6.92 Å². The van der Waals surface area contributed by atoms with E-state index in [-0.39, 0.29) is 19.1 Å². The highest BCUT2D eigenvalue weighted by Gasteiger charge is 2.45. The third-order valence-electron chi connectivity index (χ3n) is 4.31. The first-order valence-corrected chi connectivity index (χ1v) is 9.30. The van der Waals surface area contributed by atoms with Crippen LogP contribution in [-0.2, 0) is 6.42 Å². The fourth-order valence-corrected chi connectivity index (χ4v) is 5.01. The third kappa shape index (κ3) is 2.16. The molecule has 6 nitrogen and oxygen atoms in total. The lowest BCUT2D eigenvalue weighted by atomic mass is 10.0. The van der Waals surface area contributed by atoms with E-state index in [0.717, 1.165) is 39.2 Å². The molecule has 0 saturated carbocycles. The molecule has 3 aromatic rings. The number of nitrogens with one attached hydrogen (secondary N) is 1. The number of thiazole rings is 1. The summed E-state index contributed by atoms with van der Waals surface area (Å²) in [6, 6.07) is -0.0433. The van der Waals surface area contributed by atoms with E-state index >= 15 is 0 Å². The second-order valence-corrected chi connectivity index (χ2v) is 8.35. The Hall–Kier alpha value is -1.65. The van der Waals surface area contributed by atoms with Gasteiger partial charge in [-0.3, -0.25) is 0 Å². The average Bonchev–Trinajstić information content (AvgIpc) is 3.17. The predicted octanol–water partition coefficient (Wildman–Crippen LogP) is 2.25. The van der Waals surface area contributed by atoms with E-state index in [1.165, 1.54) is 11.3 Å². The Morgan fingerprint density at radius 3 is 2.96 bits per heavy atom. The number of anilines is 1. The van der Waals surface area contributed by atoms with Crippen LogP contribution in [0.25, 0.3) is 4.96 Å². The predicted molar refractivity (Wildman–Crippen MR) is 88.4 cm³/mol. The number of halogens is 2. The van der Waals surface area contributed by atoms with E-state index in [2.05, 4.69) is 15.4 Å². The largest absolute Gasteiger partial charge is 0.336 e. The van der Waals surface area contributed by atoms with Gasteiger partial charge in [0.1, 0.15) is 5.01 Å². The summed E-state index contributed by atoms with van der Waals surface area (Å²) in [5.41, 5.74) is 2.10. The van der Waals surface area contributed by atoms with Crippen molar-refractivity contribution in [1.29, 1.82) is 0 Å². The van der Waals surface area contributed by atoms with Gasteiger partial charge in [0, 0.05) is 24.0 Å². The zero-order valence-corrected chi connectivity index (χ0v) is 14.4. The lowest BCUT2D eigenvalue weighted by Gasteiger charge is -2.38. The average molecular weight is 368 g/mol. The van der Waals surface area contributed by atoms with E-state index in [9.17, 15) is 8.78 Å². The number of nitrogens with zero attached hydrogens (tertiary/aromatic N) is 5. The summed E-state index contributed by atoms with van der Waals surface area (Å²) in [6.07, 6.45) is 2.65. The number of aryl methyl sites for hydroxylation is 1. The molecule has 0 aliphatic carbocycles. The molecule has 5 rings (SSSR count). The quantitative estimate of drug-likeness (QED) is 0.752. The molecule has 10 heteroatoms. The van der Waals surface area contributed by atoms with Gasteiger partial charge in [-0.15, -0.1) is 0 Å². The molecule has 24 heavy (non-hydrogen) atoms. The van der Waals surface area contributed by atoms with Crippen LogP contribution in [0.1, 0.15) is 27.3 Å². The zero-order valence-electron chi connectivity index (χ0n) is 12.8. The van der Waals surface area contributed by atoms with Crippen LogP contribution in [0.2, 0.25) is 0 Å². The zero-order chi connectivity index (χ0) is 16.5. The summed E-state index contributed by atoms with van der Waals surface area (Å²) in [7, 11) is 0. The van der Waals surface area contributed by atoms with Crippen molar-refractivity contribution in [2.24, 2.45) is 0 Å². The molecule has 1 saturated heterocycles. The van der Waals surface area contributed by atoms with Crippen LogP contribution in [0.5, 0.6) is 0 Å². The molecule has 0 radical (unpaired) electrons. The minimum Gasteiger partial charge on any atom is -0.336 e. The monoisotopic (exact) mass is 368 g/mol. The van der Waals surface area contributed by atoms with Gasteiger partial charge >= 0.3 is 0 Å². The SMILES string of the molecule is Cc1nn2c3c(nc2s1)CCNC3c1cnc(N2CC(F)(F)C2)s1. The number of aromatic nitrogens is 4. The van der Waals surface area contributed by atoms with E-state index < -0.39 is 5.92 Å². The first-order chi connectivity index (χ1) is 11.5. The van der Waals surface area contributed by atoms with Crippen LogP contribution in [-0.4, -0.2) is 45.1 Å². The van der Waals surface area contributed by atoms with Gasteiger partial charge in [0.15, 0.2) is 5.13 Å². The number of imidazole rings is 1. The normalized spacial score (nSPS) is 22.6. The smallest absolute Gasteiger partial charge is 0.282 e. The summed E-state index contributed by atoms with van der Waals surface area (Å²) < 4.78 is 28.0. The van der Waals surface area contributed by atoms with Gasteiger partial charge in [0.2, 0.25) is 4.96 Å². The lowest BCUT2D eigenvalue weighted by molar-refractivity contribution is -0.0262. The Kier molecular flexibility index (Phi) is 3.01. The Labute approximate surface area is 144 Å². The molecule has 0 bridgehead atoms. The second kappa shape index (κ2) is 4.93. The van der Waals surface area contributed by atoms with Gasteiger partial charge in [0.25, 0.3) is 5.92 Å². The number of hydrogen-bond acceptors (Lipinski definition) is 7. The number of hydrogen-bond donors (Lipinski definition) is 1. The maximum absolute atomic E-state index is 13.1. The molecule has 2 aliphatic heterocycles. The molecule has 2 aliphatic rings. The van der Waals surface area contributed by atoms with E-state index in [4.69, 9.17) is 4.98 Å². The molecule has 126 valence electrons. The van der Waals surface area contributed by atoms with Crippen LogP contribution in [0.3, 0.4) is 0 Å². The fraction of sp³-hybridized carbons (Fsp3) is 0.500. The first-order valence-electron chi connectivity index (χ1n) is 7.67. The van der Waals surface area contributed by atoms with Crippen molar-refractivity contribution in [3.8, 4) is 0 Å². The molecule has 3 aromatic heterocycles. The van der Waals surface area contributed by atoms with Crippen LogP contribution in [0.4, 0.5) is 13.9 Å². The Bertz CT molecular complexity index is 921. The van der Waals surface area contributed by atoms with Gasteiger partial charge < -0.3 is 10.2 Å². The molecule has 1 atom stereocenters. The summed E-state index contributed by atoms with van der Waals surface area (Å²) >= 11 is 3.03. The number of fused-ring (bicyclic) bond motifs is 3. The topological polar surface area (TPSA) is 58.4 Å². The maximum Gasteiger partial charge on any atom is 0.282 e. The fourth-order valence-electron chi connectivity index (χ4n) is 3.25. The van der Waals surface area contributed by atoms with Crippen molar-refractivity contribution in [2.75, 3.05) is 24.5 Å². The van der Waals surface area contributed by atoms with Crippen molar-refractivity contribution >= 4 is 32.8 Å². The molecule has 1 unspecified atom stereocenters. The van der Waals surface area contributed by atoms with Gasteiger partial charge in [0.05, 0.1) is 30.5 Å². The minimum atomic E-state index is -2.59. The Morgan fingerprint density at radius 2 is 2.17 bits per heavy atom. The standard InChI is InChI=1S/C14H14F2N6S2/c1-7-20-22-11-8(19-13(22)23-7)2-3-17-10(11)9-4-18-12(24-9)21-5-14(15,16)6-21/h4,10,17H,2-3,5-6H2,1H3. The van der Waals surface area contributed by atoms with Gasteiger partial charge in [-0.2, -0.15) is 5.10 Å².